The lowest BCUT2D eigenvalue weighted by molar-refractivity contribution is -0.384. The molecular formula is C19H17N3O6S. The van der Waals surface area contributed by atoms with Gasteiger partial charge in [0.2, 0.25) is 5.91 Å². The summed E-state index contributed by atoms with van der Waals surface area (Å²) in [5.41, 5.74) is 0.732. The van der Waals surface area contributed by atoms with Crippen molar-refractivity contribution >= 4 is 46.6 Å². The van der Waals surface area contributed by atoms with Gasteiger partial charge in [-0.15, -0.1) is 11.8 Å². The lowest BCUT2D eigenvalue weighted by Gasteiger charge is -2.23. The van der Waals surface area contributed by atoms with E-state index < -0.39 is 28.2 Å². The Labute approximate surface area is 170 Å². The van der Waals surface area contributed by atoms with E-state index in [0.29, 0.717) is 5.69 Å². The van der Waals surface area contributed by atoms with Crippen LogP contribution in [-0.2, 0) is 19.1 Å². The molecule has 0 aromatic heterocycles. The molecular weight excluding hydrogens is 398 g/mol. The fraction of sp³-hybridized carbons (Fsp3) is 0.211. The van der Waals surface area contributed by atoms with E-state index in [1.807, 2.05) is 12.1 Å². The summed E-state index contributed by atoms with van der Waals surface area (Å²) in [6, 6.07) is 12.7. The van der Waals surface area contributed by atoms with Crippen LogP contribution in [0, 0.1) is 10.1 Å². The second-order valence-corrected chi connectivity index (χ2v) is 7.47. The summed E-state index contributed by atoms with van der Waals surface area (Å²) in [5, 5.41) is 15.3. The van der Waals surface area contributed by atoms with Gasteiger partial charge in [-0.25, -0.2) is 0 Å². The highest BCUT2D eigenvalue weighted by Crippen LogP contribution is 2.36. The summed E-state index contributed by atoms with van der Waals surface area (Å²) in [6.45, 7) is 1.38. The average molecular weight is 415 g/mol. The smallest absolute Gasteiger partial charge is 0.308 e. The first kappa shape index (κ1) is 20.3. The summed E-state index contributed by atoms with van der Waals surface area (Å²) in [7, 11) is 0. The van der Waals surface area contributed by atoms with Crippen LogP contribution in [0.3, 0.4) is 0 Å². The average Bonchev–Trinajstić information content (AvgIpc) is 2.68. The van der Waals surface area contributed by atoms with Crippen molar-refractivity contribution in [3.63, 3.8) is 0 Å². The van der Waals surface area contributed by atoms with Gasteiger partial charge in [-0.3, -0.25) is 24.5 Å². The number of carbonyl (C=O) groups is 3. The van der Waals surface area contributed by atoms with Crippen LogP contribution in [0.1, 0.15) is 13.3 Å². The molecule has 0 aliphatic carbocycles. The van der Waals surface area contributed by atoms with E-state index >= 15 is 0 Å². The number of carbonyl (C=O) groups excluding carboxylic acids is 3. The molecule has 10 heteroatoms. The molecule has 150 valence electrons. The number of nitrogens with zero attached hydrogens (tertiary/aromatic N) is 1. The minimum absolute atomic E-state index is 0.173. The number of thioether (sulfide) groups is 1. The molecule has 0 fully saturated rings. The molecule has 0 bridgehead atoms. The molecule has 1 heterocycles. The van der Waals surface area contributed by atoms with Crippen LogP contribution in [0.4, 0.5) is 17.1 Å². The maximum Gasteiger partial charge on any atom is 0.308 e. The van der Waals surface area contributed by atoms with Crippen LogP contribution in [0.5, 0.6) is 0 Å². The molecule has 0 radical (unpaired) electrons. The van der Waals surface area contributed by atoms with Crippen molar-refractivity contribution in [2.45, 2.75) is 29.6 Å². The third kappa shape index (κ3) is 5.11. The Morgan fingerprint density at radius 3 is 2.79 bits per heavy atom. The monoisotopic (exact) mass is 415 g/mol. The van der Waals surface area contributed by atoms with Gasteiger partial charge in [-0.05, 0) is 25.1 Å². The standard InChI is InChI=1S/C19H17N3O6S/c1-11(18(24)20-12-5-4-6-13(9-12)22(26)27)28-17(23)10-16-19(25)21-14-7-2-3-8-15(14)29-16/h2-9,11,16H,10H2,1H3,(H,20,24)(H,21,25)/t11-,16-/m0/s1. The summed E-state index contributed by atoms with van der Waals surface area (Å²) in [4.78, 5) is 47.6. The van der Waals surface area contributed by atoms with Crippen LogP contribution in [-0.4, -0.2) is 34.1 Å². The minimum Gasteiger partial charge on any atom is -0.452 e. The van der Waals surface area contributed by atoms with E-state index in [1.165, 1.54) is 43.0 Å². The molecule has 0 spiro atoms. The van der Waals surface area contributed by atoms with Crippen molar-refractivity contribution in [3.8, 4) is 0 Å². The highest BCUT2D eigenvalue weighted by Gasteiger charge is 2.30. The van der Waals surface area contributed by atoms with E-state index in [-0.39, 0.29) is 23.7 Å². The van der Waals surface area contributed by atoms with Gasteiger partial charge in [0.05, 0.1) is 22.3 Å². The summed E-state index contributed by atoms with van der Waals surface area (Å²) < 4.78 is 5.12. The van der Waals surface area contributed by atoms with Gasteiger partial charge in [0, 0.05) is 22.7 Å². The van der Waals surface area contributed by atoms with E-state index in [1.54, 1.807) is 12.1 Å². The van der Waals surface area contributed by atoms with Crippen LogP contribution in [0.25, 0.3) is 0 Å². The number of nitrogens with one attached hydrogen (secondary N) is 2. The molecule has 1 aliphatic heterocycles. The summed E-state index contributed by atoms with van der Waals surface area (Å²) in [5.74, 6) is -1.64. The van der Waals surface area contributed by atoms with Gasteiger partial charge in [0.15, 0.2) is 6.10 Å². The van der Waals surface area contributed by atoms with Gasteiger partial charge in [-0.2, -0.15) is 0 Å². The highest BCUT2D eigenvalue weighted by atomic mass is 32.2. The van der Waals surface area contributed by atoms with E-state index in [4.69, 9.17) is 4.74 Å². The predicted octanol–water partition coefficient (Wildman–Crippen LogP) is 2.97. The zero-order valence-electron chi connectivity index (χ0n) is 15.3. The second kappa shape index (κ2) is 8.74. The Balaban J connectivity index is 1.55. The second-order valence-electron chi connectivity index (χ2n) is 6.22. The van der Waals surface area contributed by atoms with Crippen LogP contribution >= 0.6 is 11.8 Å². The van der Waals surface area contributed by atoms with Crippen molar-refractivity contribution in [1.82, 2.24) is 0 Å². The number of fused-ring (bicyclic) bond motifs is 1. The van der Waals surface area contributed by atoms with Crippen molar-refractivity contribution in [3.05, 3.63) is 58.6 Å². The summed E-state index contributed by atoms with van der Waals surface area (Å²) >= 11 is 1.26. The first-order valence-corrected chi connectivity index (χ1v) is 9.53. The lowest BCUT2D eigenvalue weighted by Crippen LogP contribution is -2.34. The number of hydrogen-bond donors (Lipinski definition) is 2. The SMILES string of the molecule is C[C@H](OC(=O)C[C@@H]1Sc2ccccc2NC1=O)C(=O)Nc1cccc([N+](=O)[O-])c1. The molecule has 0 saturated carbocycles. The Morgan fingerprint density at radius 2 is 2.03 bits per heavy atom. The number of esters is 1. The number of non-ortho nitro benzene ring substituents is 1. The topological polar surface area (TPSA) is 128 Å². The number of anilines is 2. The number of hydrogen-bond acceptors (Lipinski definition) is 7. The minimum atomic E-state index is -1.13. The first-order chi connectivity index (χ1) is 13.8. The number of benzene rings is 2. The zero-order valence-corrected chi connectivity index (χ0v) is 16.1. The largest absolute Gasteiger partial charge is 0.452 e. The molecule has 9 nitrogen and oxygen atoms in total. The Bertz CT molecular complexity index is 980. The van der Waals surface area contributed by atoms with Crippen LogP contribution in [0.15, 0.2) is 53.4 Å². The van der Waals surface area contributed by atoms with Gasteiger partial charge in [-0.1, -0.05) is 18.2 Å². The lowest BCUT2D eigenvalue weighted by atomic mass is 10.2. The van der Waals surface area contributed by atoms with E-state index in [2.05, 4.69) is 10.6 Å². The fourth-order valence-electron chi connectivity index (χ4n) is 2.62. The first-order valence-electron chi connectivity index (χ1n) is 8.65. The predicted molar refractivity (Wildman–Crippen MR) is 107 cm³/mol. The Hall–Kier alpha value is -3.40. The van der Waals surface area contributed by atoms with Crippen LogP contribution < -0.4 is 10.6 Å². The molecule has 2 aromatic rings. The third-order valence-electron chi connectivity index (χ3n) is 4.06. The molecule has 3 rings (SSSR count). The van der Waals surface area contributed by atoms with Gasteiger partial charge in [0.25, 0.3) is 11.6 Å². The van der Waals surface area contributed by atoms with Crippen molar-refractivity contribution in [2.75, 3.05) is 10.6 Å². The molecule has 2 atom stereocenters. The van der Waals surface area contributed by atoms with Gasteiger partial charge >= 0.3 is 5.97 Å². The Morgan fingerprint density at radius 1 is 1.28 bits per heavy atom. The van der Waals surface area contributed by atoms with Crippen molar-refractivity contribution < 1.29 is 24.0 Å². The van der Waals surface area contributed by atoms with Crippen molar-refractivity contribution in [2.24, 2.45) is 0 Å². The number of rotatable bonds is 6. The van der Waals surface area contributed by atoms with Gasteiger partial charge in [0.1, 0.15) is 0 Å². The van der Waals surface area contributed by atoms with Crippen molar-refractivity contribution in [1.29, 1.82) is 0 Å². The molecule has 2 N–H and O–H groups in total. The number of nitro groups is 1. The maximum absolute atomic E-state index is 12.2. The molecule has 29 heavy (non-hydrogen) atoms. The number of nitro benzene ring substituents is 1. The van der Waals surface area contributed by atoms with E-state index in [0.717, 1.165) is 4.90 Å². The maximum atomic E-state index is 12.2. The number of amides is 2. The number of ether oxygens (including phenoxy) is 1. The normalized spacial score (nSPS) is 16.2. The highest BCUT2D eigenvalue weighted by molar-refractivity contribution is 8.01. The molecule has 1 aliphatic rings. The molecule has 2 amide bonds. The molecule has 0 saturated heterocycles. The van der Waals surface area contributed by atoms with E-state index in [9.17, 15) is 24.5 Å². The van der Waals surface area contributed by atoms with Crippen LogP contribution in [0.2, 0.25) is 0 Å². The Kier molecular flexibility index (Phi) is 6.13. The number of para-hydroxylation sites is 1. The molecule has 2 aromatic carbocycles. The third-order valence-corrected chi connectivity index (χ3v) is 5.34. The van der Waals surface area contributed by atoms with Gasteiger partial charge < -0.3 is 15.4 Å². The fourth-order valence-corrected chi connectivity index (χ4v) is 3.71. The summed E-state index contributed by atoms with van der Waals surface area (Å²) in [6.07, 6.45) is -1.33. The zero-order chi connectivity index (χ0) is 21.0. The quantitative estimate of drug-likeness (QED) is 0.422. The molecule has 0 unspecified atom stereocenters.